The molecule has 1 aromatic heterocycles. The van der Waals surface area contributed by atoms with Crippen LogP contribution in [0.15, 0.2) is 24.5 Å². The van der Waals surface area contributed by atoms with Gasteiger partial charge in [0, 0.05) is 38.6 Å². The third-order valence-electron chi connectivity index (χ3n) is 4.22. The summed E-state index contributed by atoms with van der Waals surface area (Å²) in [5, 5.41) is 3.12. The van der Waals surface area contributed by atoms with Crippen molar-refractivity contribution in [1.82, 2.24) is 20.1 Å². The Morgan fingerprint density at radius 3 is 2.73 bits per heavy atom. The van der Waals surface area contributed by atoms with Gasteiger partial charge in [-0.25, -0.2) is 4.79 Å². The van der Waals surface area contributed by atoms with Crippen LogP contribution >= 0.6 is 0 Å². The fraction of sp³-hybridized carbons (Fsp3) is 0.647. The van der Waals surface area contributed by atoms with Crippen molar-refractivity contribution in [3.63, 3.8) is 0 Å². The summed E-state index contributed by atoms with van der Waals surface area (Å²) in [5.74, 6) is 0.665. The molecule has 0 atom stereocenters. The Morgan fingerprint density at radius 2 is 2.09 bits per heavy atom. The molecule has 5 heteroatoms. The highest BCUT2D eigenvalue weighted by molar-refractivity contribution is 5.74. The Hall–Kier alpha value is -1.62. The molecule has 0 unspecified atom stereocenters. The van der Waals surface area contributed by atoms with Crippen LogP contribution in [0.1, 0.15) is 31.2 Å². The minimum absolute atomic E-state index is 0.0394. The van der Waals surface area contributed by atoms with Crippen molar-refractivity contribution in [2.75, 3.05) is 33.7 Å². The van der Waals surface area contributed by atoms with Gasteiger partial charge in [-0.15, -0.1) is 0 Å². The van der Waals surface area contributed by atoms with Crippen LogP contribution in [0, 0.1) is 5.92 Å². The molecule has 0 bridgehead atoms. The molecule has 0 spiro atoms. The van der Waals surface area contributed by atoms with Crippen LogP contribution in [0.3, 0.4) is 0 Å². The first-order valence-electron chi connectivity index (χ1n) is 8.21. The molecule has 22 heavy (non-hydrogen) atoms. The summed E-state index contributed by atoms with van der Waals surface area (Å²) in [4.78, 5) is 20.6. The van der Waals surface area contributed by atoms with Gasteiger partial charge in [0.1, 0.15) is 0 Å². The van der Waals surface area contributed by atoms with Gasteiger partial charge in [-0.05, 0) is 44.5 Å². The number of rotatable bonds is 7. The molecular formula is C17H28N4O. The molecule has 0 radical (unpaired) electrons. The van der Waals surface area contributed by atoms with Gasteiger partial charge in [0.05, 0.1) is 0 Å². The van der Waals surface area contributed by atoms with Gasteiger partial charge in [-0.2, -0.15) is 0 Å². The third-order valence-corrected chi connectivity index (χ3v) is 4.22. The number of carbonyl (C=O) groups is 1. The Bertz CT molecular complexity index is 443. The fourth-order valence-corrected chi connectivity index (χ4v) is 2.84. The lowest BCUT2D eigenvalue weighted by atomic mass is 10.1. The van der Waals surface area contributed by atoms with Crippen molar-refractivity contribution in [2.45, 2.75) is 32.2 Å². The number of hydrogen-bond acceptors (Lipinski definition) is 3. The molecule has 1 aliphatic rings. The highest BCUT2D eigenvalue weighted by Crippen LogP contribution is 2.23. The lowest BCUT2D eigenvalue weighted by Gasteiger charge is -2.25. The van der Waals surface area contributed by atoms with Crippen molar-refractivity contribution in [1.29, 1.82) is 0 Å². The maximum Gasteiger partial charge on any atom is 0.317 e. The van der Waals surface area contributed by atoms with E-state index < -0.39 is 0 Å². The van der Waals surface area contributed by atoms with E-state index in [1.807, 2.05) is 37.3 Å². The van der Waals surface area contributed by atoms with Gasteiger partial charge in [-0.1, -0.05) is 18.9 Å². The van der Waals surface area contributed by atoms with Crippen LogP contribution in [-0.2, 0) is 6.54 Å². The first kappa shape index (κ1) is 16.7. The standard InChI is InChI=1S/C17H28N4O/c1-20(2)10-11-21(14-16-8-5-9-18-12-16)17(22)19-13-15-6-3-4-7-15/h5,8-9,12,15H,3-4,6-7,10-11,13-14H2,1-2H3,(H,19,22). The molecule has 1 aliphatic carbocycles. The summed E-state index contributed by atoms with van der Waals surface area (Å²) in [6.07, 6.45) is 8.70. The summed E-state index contributed by atoms with van der Waals surface area (Å²) in [5.41, 5.74) is 1.07. The molecule has 0 aliphatic heterocycles. The second-order valence-corrected chi connectivity index (χ2v) is 6.42. The summed E-state index contributed by atoms with van der Waals surface area (Å²) in [7, 11) is 4.05. The SMILES string of the molecule is CN(C)CCN(Cc1cccnc1)C(=O)NCC1CCCC1. The van der Waals surface area contributed by atoms with Crippen LogP contribution in [0.25, 0.3) is 0 Å². The predicted molar refractivity (Wildman–Crippen MR) is 88.6 cm³/mol. The molecule has 122 valence electrons. The third kappa shape index (κ3) is 5.64. The molecule has 1 heterocycles. The van der Waals surface area contributed by atoms with Crippen LogP contribution in [0.2, 0.25) is 0 Å². The van der Waals surface area contributed by atoms with Gasteiger partial charge >= 0.3 is 6.03 Å². The number of urea groups is 1. The van der Waals surface area contributed by atoms with E-state index in [0.717, 1.165) is 25.2 Å². The maximum atomic E-state index is 12.5. The summed E-state index contributed by atoms with van der Waals surface area (Å²) < 4.78 is 0. The van der Waals surface area contributed by atoms with Gasteiger partial charge in [0.2, 0.25) is 0 Å². The van der Waals surface area contributed by atoms with E-state index in [1.165, 1.54) is 25.7 Å². The van der Waals surface area contributed by atoms with Gasteiger partial charge in [-0.3, -0.25) is 4.98 Å². The Kier molecular flexibility index (Phi) is 6.65. The average Bonchev–Trinajstić information content (AvgIpc) is 3.03. The molecule has 0 saturated heterocycles. The van der Waals surface area contributed by atoms with Crippen molar-refractivity contribution >= 4 is 6.03 Å². The van der Waals surface area contributed by atoms with Crippen molar-refractivity contribution < 1.29 is 4.79 Å². The van der Waals surface area contributed by atoms with Gasteiger partial charge < -0.3 is 15.1 Å². The van der Waals surface area contributed by atoms with E-state index in [9.17, 15) is 4.79 Å². The molecule has 1 saturated carbocycles. The highest BCUT2D eigenvalue weighted by Gasteiger charge is 2.18. The number of aromatic nitrogens is 1. The molecule has 1 aromatic rings. The molecule has 1 N–H and O–H groups in total. The lowest BCUT2D eigenvalue weighted by molar-refractivity contribution is 0.187. The Morgan fingerprint density at radius 1 is 1.32 bits per heavy atom. The minimum atomic E-state index is 0.0394. The van der Waals surface area contributed by atoms with Gasteiger partial charge in [0.15, 0.2) is 0 Å². The van der Waals surface area contributed by atoms with Crippen molar-refractivity contribution in [3.05, 3.63) is 30.1 Å². The Labute approximate surface area is 133 Å². The first-order chi connectivity index (χ1) is 10.6. The van der Waals surface area contributed by atoms with Crippen LogP contribution in [-0.4, -0.2) is 54.5 Å². The molecule has 0 aromatic carbocycles. The predicted octanol–water partition coefficient (Wildman–Crippen LogP) is 2.34. The monoisotopic (exact) mass is 304 g/mol. The number of hydrogen-bond donors (Lipinski definition) is 1. The quantitative estimate of drug-likeness (QED) is 0.841. The topological polar surface area (TPSA) is 48.5 Å². The zero-order valence-corrected chi connectivity index (χ0v) is 13.8. The highest BCUT2D eigenvalue weighted by atomic mass is 16.2. The minimum Gasteiger partial charge on any atom is -0.338 e. The maximum absolute atomic E-state index is 12.5. The Balaban J connectivity index is 1.88. The van der Waals surface area contributed by atoms with E-state index in [2.05, 4.69) is 15.2 Å². The summed E-state index contributed by atoms with van der Waals surface area (Å²) >= 11 is 0. The van der Waals surface area contributed by atoms with E-state index in [4.69, 9.17) is 0 Å². The van der Waals surface area contributed by atoms with Crippen LogP contribution in [0.4, 0.5) is 4.79 Å². The number of nitrogens with one attached hydrogen (secondary N) is 1. The van der Waals surface area contributed by atoms with E-state index in [1.54, 1.807) is 6.20 Å². The van der Waals surface area contributed by atoms with E-state index >= 15 is 0 Å². The number of likely N-dealkylation sites (N-methyl/N-ethyl adjacent to an activating group) is 1. The van der Waals surface area contributed by atoms with Crippen LogP contribution < -0.4 is 5.32 Å². The molecule has 5 nitrogen and oxygen atoms in total. The smallest absolute Gasteiger partial charge is 0.317 e. The van der Waals surface area contributed by atoms with Crippen molar-refractivity contribution in [2.24, 2.45) is 5.92 Å². The molecular weight excluding hydrogens is 276 g/mol. The zero-order valence-electron chi connectivity index (χ0n) is 13.8. The number of nitrogens with zero attached hydrogens (tertiary/aromatic N) is 3. The van der Waals surface area contributed by atoms with E-state index in [0.29, 0.717) is 12.5 Å². The molecule has 2 rings (SSSR count). The first-order valence-corrected chi connectivity index (χ1v) is 8.21. The normalized spacial score (nSPS) is 15.2. The number of carbonyl (C=O) groups excluding carboxylic acids is 1. The lowest BCUT2D eigenvalue weighted by Crippen LogP contribution is -2.43. The molecule has 1 fully saturated rings. The van der Waals surface area contributed by atoms with Crippen molar-refractivity contribution in [3.8, 4) is 0 Å². The number of pyridine rings is 1. The van der Waals surface area contributed by atoms with Gasteiger partial charge in [0.25, 0.3) is 0 Å². The van der Waals surface area contributed by atoms with Crippen LogP contribution in [0.5, 0.6) is 0 Å². The van der Waals surface area contributed by atoms with E-state index in [-0.39, 0.29) is 6.03 Å². The summed E-state index contributed by atoms with van der Waals surface area (Å²) in [6.45, 7) is 3.00. The number of amides is 2. The largest absolute Gasteiger partial charge is 0.338 e. The zero-order chi connectivity index (χ0) is 15.8. The second-order valence-electron chi connectivity index (χ2n) is 6.42. The summed E-state index contributed by atoms with van der Waals surface area (Å²) in [6, 6.07) is 3.97. The average molecular weight is 304 g/mol. The second kappa shape index (κ2) is 8.73. The fourth-order valence-electron chi connectivity index (χ4n) is 2.84. The molecule has 2 amide bonds.